The second-order valence-corrected chi connectivity index (χ2v) is 13.2. The summed E-state index contributed by atoms with van der Waals surface area (Å²) in [4.78, 5) is 14.9. The molecule has 2 fully saturated rings. The Kier molecular flexibility index (Phi) is 6.36. The molecule has 33 heavy (non-hydrogen) atoms. The molecule has 0 saturated carbocycles. The topological polar surface area (TPSA) is 110 Å². The molecular formula is C21H27FN4O5S2. The summed E-state index contributed by atoms with van der Waals surface area (Å²) >= 11 is 0. The Labute approximate surface area is 193 Å². The number of carbonyl (C=O) groups is 1. The van der Waals surface area contributed by atoms with Gasteiger partial charge in [-0.2, -0.15) is 9.40 Å². The molecule has 1 aromatic heterocycles. The largest absolute Gasteiger partial charge is 0.336 e. The molecule has 2 saturated heterocycles. The van der Waals surface area contributed by atoms with Crippen LogP contribution in [0, 0.1) is 5.82 Å². The lowest BCUT2D eigenvalue weighted by Crippen LogP contribution is -2.52. The van der Waals surface area contributed by atoms with Gasteiger partial charge in [-0.25, -0.2) is 25.9 Å². The van der Waals surface area contributed by atoms with Crippen molar-refractivity contribution in [2.24, 2.45) is 0 Å². The number of amides is 1. The molecule has 0 spiro atoms. The zero-order chi connectivity index (χ0) is 24.0. The maximum atomic E-state index is 13.3. The van der Waals surface area contributed by atoms with Crippen molar-refractivity contribution in [3.63, 3.8) is 0 Å². The monoisotopic (exact) mass is 498 g/mol. The van der Waals surface area contributed by atoms with Gasteiger partial charge in [0, 0.05) is 26.2 Å². The highest BCUT2D eigenvalue weighted by Gasteiger charge is 2.41. The lowest BCUT2D eigenvalue weighted by molar-refractivity contribution is 0.0696. The molecule has 1 unspecified atom stereocenters. The van der Waals surface area contributed by atoms with E-state index in [1.807, 2.05) is 13.8 Å². The highest BCUT2D eigenvalue weighted by molar-refractivity contribution is 7.95. The van der Waals surface area contributed by atoms with E-state index in [4.69, 9.17) is 0 Å². The summed E-state index contributed by atoms with van der Waals surface area (Å²) in [5.41, 5.74) is 1.76. The van der Waals surface area contributed by atoms with Crippen molar-refractivity contribution >= 4 is 25.8 Å². The van der Waals surface area contributed by atoms with E-state index in [2.05, 4.69) is 5.10 Å². The van der Waals surface area contributed by atoms with E-state index < -0.39 is 25.1 Å². The Morgan fingerprint density at radius 1 is 1.12 bits per heavy atom. The molecule has 180 valence electrons. The van der Waals surface area contributed by atoms with Gasteiger partial charge in [0.1, 0.15) is 5.82 Å². The smallest absolute Gasteiger partial charge is 0.257 e. The number of sulfonamides is 1. The molecule has 9 nitrogen and oxygen atoms in total. The average molecular weight is 499 g/mol. The highest BCUT2D eigenvalue weighted by atomic mass is 32.2. The molecule has 2 aliphatic rings. The molecule has 3 heterocycles. The van der Waals surface area contributed by atoms with Crippen LogP contribution in [0.1, 0.15) is 42.2 Å². The molecule has 0 bridgehead atoms. The number of hydrogen-bond acceptors (Lipinski definition) is 6. The number of carbonyl (C=O) groups excluding carboxylic acids is 1. The zero-order valence-electron chi connectivity index (χ0n) is 18.5. The Bertz CT molecular complexity index is 1250. The van der Waals surface area contributed by atoms with Gasteiger partial charge in [-0.1, -0.05) is 13.8 Å². The van der Waals surface area contributed by atoms with Crippen LogP contribution in [0.15, 0.2) is 30.5 Å². The van der Waals surface area contributed by atoms with Crippen molar-refractivity contribution in [2.45, 2.75) is 31.4 Å². The predicted octanol–water partition coefficient (Wildman–Crippen LogP) is 1.41. The molecule has 0 radical (unpaired) electrons. The summed E-state index contributed by atoms with van der Waals surface area (Å²) in [6.45, 7) is 4.52. The van der Waals surface area contributed by atoms with E-state index in [0.717, 1.165) is 0 Å². The molecule has 1 amide bonds. The lowest BCUT2D eigenvalue weighted by Gasteiger charge is -2.35. The fraction of sp³-hybridized carbons (Fsp3) is 0.524. The van der Waals surface area contributed by atoms with Gasteiger partial charge in [-0.3, -0.25) is 4.79 Å². The minimum Gasteiger partial charge on any atom is -0.336 e. The third-order valence-electron chi connectivity index (χ3n) is 6.15. The van der Waals surface area contributed by atoms with Gasteiger partial charge in [0.05, 0.1) is 39.9 Å². The molecule has 0 aliphatic carbocycles. The number of halogens is 1. The van der Waals surface area contributed by atoms with Gasteiger partial charge in [0.15, 0.2) is 9.84 Å². The van der Waals surface area contributed by atoms with E-state index in [0.29, 0.717) is 16.9 Å². The highest BCUT2D eigenvalue weighted by Crippen LogP contribution is 2.26. The molecular weight excluding hydrogens is 471 g/mol. The Morgan fingerprint density at radius 2 is 1.76 bits per heavy atom. The van der Waals surface area contributed by atoms with Gasteiger partial charge in [0.2, 0.25) is 10.0 Å². The summed E-state index contributed by atoms with van der Waals surface area (Å²) < 4.78 is 65.4. The Balaban J connectivity index is 1.50. The molecule has 2 aliphatic heterocycles. The van der Waals surface area contributed by atoms with Gasteiger partial charge in [-0.15, -0.1) is 0 Å². The summed E-state index contributed by atoms with van der Waals surface area (Å²) in [5.74, 6) is -1.09. The van der Waals surface area contributed by atoms with Crippen LogP contribution in [0.3, 0.4) is 0 Å². The van der Waals surface area contributed by atoms with E-state index >= 15 is 0 Å². The van der Waals surface area contributed by atoms with Crippen LogP contribution in [-0.2, 0) is 19.9 Å². The molecule has 2 aromatic rings. The Morgan fingerprint density at radius 3 is 2.30 bits per heavy atom. The first-order valence-electron chi connectivity index (χ1n) is 10.8. The van der Waals surface area contributed by atoms with E-state index in [9.17, 15) is 26.0 Å². The van der Waals surface area contributed by atoms with Crippen molar-refractivity contribution in [2.75, 3.05) is 37.7 Å². The van der Waals surface area contributed by atoms with E-state index in [1.54, 1.807) is 21.7 Å². The molecule has 0 N–H and O–H groups in total. The quantitative estimate of drug-likeness (QED) is 0.617. The van der Waals surface area contributed by atoms with Crippen LogP contribution in [0.25, 0.3) is 5.69 Å². The van der Waals surface area contributed by atoms with Gasteiger partial charge in [-0.05, 0) is 36.6 Å². The minimum absolute atomic E-state index is 0.0394. The molecule has 12 heteroatoms. The average Bonchev–Trinajstić information content (AvgIpc) is 3.38. The van der Waals surface area contributed by atoms with Gasteiger partial charge < -0.3 is 4.90 Å². The normalized spacial score (nSPS) is 21.6. The maximum Gasteiger partial charge on any atom is 0.257 e. The van der Waals surface area contributed by atoms with Crippen LogP contribution < -0.4 is 0 Å². The maximum absolute atomic E-state index is 13.3. The third-order valence-corrected chi connectivity index (χ3v) is 10.5. The number of rotatable bonds is 5. The van der Waals surface area contributed by atoms with Crippen LogP contribution in [0.2, 0.25) is 0 Å². The summed E-state index contributed by atoms with van der Waals surface area (Å²) in [5, 5.41) is 3.45. The second-order valence-electron chi connectivity index (χ2n) is 8.75. The number of benzene rings is 1. The molecule has 1 aromatic carbocycles. The van der Waals surface area contributed by atoms with Crippen molar-refractivity contribution in [3.05, 3.63) is 47.5 Å². The first kappa shape index (κ1) is 23.8. The fourth-order valence-corrected chi connectivity index (χ4v) is 8.90. The number of hydrogen-bond donors (Lipinski definition) is 0. The summed E-state index contributed by atoms with van der Waals surface area (Å²) in [7, 11) is -7.05. The number of piperazine rings is 1. The SMILES string of the molecule is CC(C)c1c(C(=O)N2CCN(S(=O)(=O)C3CCS(=O)(=O)C3)CC2)cnn1-c1ccc(F)cc1. The lowest BCUT2D eigenvalue weighted by atomic mass is 10.0. The first-order chi connectivity index (χ1) is 15.5. The standard InChI is InChI=1S/C21H27FN4O5S2/c1-15(2)20-19(13-23-26(20)17-5-3-16(22)4-6-17)21(27)24-8-10-25(11-9-24)33(30,31)18-7-12-32(28,29)14-18/h3-6,13,15,18H,7-12,14H2,1-2H3. The van der Waals surface area contributed by atoms with Crippen molar-refractivity contribution < 1.29 is 26.0 Å². The van der Waals surface area contributed by atoms with E-state index in [-0.39, 0.29) is 61.7 Å². The van der Waals surface area contributed by atoms with Crippen molar-refractivity contribution in [1.82, 2.24) is 19.0 Å². The molecule has 4 rings (SSSR count). The second kappa shape index (κ2) is 8.80. The number of nitrogens with zero attached hydrogens (tertiary/aromatic N) is 4. The number of sulfone groups is 1. The van der Waals surface area contributed by atoms with Gasteiger partial charge in [0.25, 0.3) is 5.91 Å². The number of aromatic nitrogens is 2. The van der Waals surface area contributed by atoms with Crippen LogP contribution in [0.5, 0.6) is 0 Å². The zero-order valence-corrected chi connectivity index (χ0v) is 20.1. The predicted molar refractivity (Wildman–Crippen MR) is 121 cm³/mol. The van der Waals surface area contributed by atoms with Crippen LogP contribution >= 0.6 is 0 Å². The molecule has 1 atom stereocenters. The van der Waals surface area contributed by atoms with Crippen molar-refractivity contribution in [3.8, 4) is 5.69 Å². The Hall–Kier alpha value is -2.31. The van der Waals surface area contributed by atoms with Crippen molar-refractivity contribution in [1.29, 1.82) is 0 Å². The summed E-state index contributed by atoms with van der Waals surface area (Å²) in [6, 6.07) is 5.85. The van der Waals surface area contributed by atoms with Crippen LogP contribution in [0.4, 0.5) is 4.39 Å². The van der Waals surface area contributed by atoms with E-state index in [1.165, 1.54) is 22.6 Å². The summed E-state index contributed by atoms with van der Waals surface area (Å²) in [6.07, 6.45) is 1.61. The third kappa shape index (κ3) is 4.69. The van der Waals surface area contributed by atoms with Gasteiger partial charge >= 0.3 is 0 Å². The van der Waals surface area contributed by atoms with Crippen LogP contribution in [-0.4, -0.2) is 84.7 Å². The first-order valence-corrected chi connectivity index (χ1v) is 14.1. The fourth-order valence-electron chi connectivity index (χ4n) is 4.39. The minimum atomic E-state index is -3.73.